The molecule has 0 saturated heterocycles. The number of hydrazone groups is 1. The first-order chi connectivity index (χ1) is 15.0. The normalized spacial score (nSPS) is 12.1. The lowest BCUT2D eigenvalue weighted by Gasteiger charge is -2.08. The van der Waals surface area contributed by atoms with E-state index in [1.807, 2.05) is 19.1 Å². The highest BCUT2D eigenvalue weighted by atomic mass is 79.9. The Hall–Kier alpha value is -3.65. The molecule has 156 valence electrons. The van der Waals surface area contributed by atoms with Crippen LogP contribution < -0.4 is 19.6 Å². The smallest absolute Gasteiger partial charge is 0.343 e. The van der Waals surface area contributed by atoms with Gasteiger partial charge in [0.15, 0.2) is 11.5 Å². The second-order valence-electron chi connectivity index (χ2n) is 6.70. The fourth-order valence-electron chi connectivity index (χ4n) is 2.82. The predicted molar refractivity (Wildman–Crippen MR) is 118 cm³/mol. The van der Waals surface area contributed by atoms with Crippen molar-refractivity contribution >= 4 is 34.0 Å². The Balaban J connectivity index is 1.47. The van der Waals surface area contributed by atoms with Gasteiger partial charge in [-0.05, 0) is 55.5 Å². The fourth-order valence-corrected chi connectivity index (χ4v) is 3.20. The minimum absolute atomic E-state index is 0.130. The van der Waals surface area contributed by atoms with Crippen molar-refractivity contribution in [2.45, 2.75) is 6.92 Å². The Kier molecular flexibility index (Phi) is 5.99. The number of hydrogen-bond acceptors (Lipinski definition) is 6. The Morgan fingerprint density at radius 2 is 1.74 bits per heavy atom. The van der Waals surface area contributed by atoms with E-state index in [1.54, 1.807) is 48.5 Å². The second-order valence-corrected chi connectivity index (χ2v) is 7.62. The number of carbonyl (C=O) groups excluding carboxylic acids is 2. The fraction of sp³-hybridized carbons (Fsp3) is 0.0870. The minimum atomic E-state index is -0.485. The topological polar surface area (TPSA) is 86.2 Å². The number of halogens is 1. The van der Waals surface area contributed by atoms with Crippen molar-refractivity contribution in [3.8, 4) is 17.2 Å². The SMILES string of the molecule is Cc1ccc(C(=O)Oc2ccc(Br)cc2/C=N/NC(=O)c2ccc3c(c2)OCO3)cc1. The van der Waals surface area contributed by atoms with Crippen molar-refractivity contribution in [1.29, 1.82) is 0 Å². The average Bonchev–Trinajstić information content (AvgIpc) is 3.23. The van der Waals surface area contributed by atoms with E-state index < -0.39 is 11.9 Å². The zero-order valence-corrected chi connectivity index (χ0v) is 18.0. The first kappa shape index (κ1) is 20.6. The number of hydrogen-bond donors (Lipinski definition) is 1. The molecule has 7 nitrogen and oxygen atoms in total. The van der Waals surface area contributed by atoms with E-state index in [9.17, 15) is 9.59 Å². The van der Waals surface area contributed by atoms with Crippen molar-refractivity contribution in [2.24, 2.45) is 5.10 Å². The number of rotatable bonds is 5. The molecule has 0 radical (unpaired) electrons. The third-order valence-corrected chi connectivity index (χ3v) is 4.96. The number of amides is 1. The lowest BCUT2D eigenvalue weighted by Crippen LogP contribution is -2.17. The summed E-state index contributed by atoms with van der Waals surface area (Å²) in [5, 5.41) is 4.00. The first-order valence-electron chi connectivity index (χ1n) is 9.31. The molecule has 1 heterocycles. The Labute approximate surface area is 186 Å². The quantitative estimate of drug-likeness (QED) is 0.252. The van der Waals surface area contributed by atoms with Crippen LogP contribution in [-0.4, -0.2) is 24.9 Å². The highest BCUT2D eigenvalue weighted by Crippen LogP contribution is 2.32. The van der Waals surface area contributed by atoms with Gasteiger partial charge < -0.3 is 14.2 Å². The standard InChI is InChI=1S/C23H17BrN2O5/c1-14-2-4-15(5-3-14)23(28)31-19-9-7-18(24)10-17(19)12-25-26-22(27)16-6-8-20-21(11-16)30-13-29-20/h2-12H,13H2,1H3,(H,26,27)/b25-12+. The second kappa shape index (κ2) is 9.01. The van der Waals surface area contributed by atoms with Crippen LogP contribution in [0.2, 0.25) is 0 Å². The maximum Gasteiger partial charge on any atom is 0.343 e. The number of nitrogens with zero attached hydrogens (tertiary/aromatic N) is 1. The Morgan fingerprint density at radius 1 is 1.00 bits per heavy atom. The van der Waals surface area contributed by atoms with Crippen LogP contribution in [0.1, 0.15) is 31.8 Å². The highest BCUT2D eigenvalue weighted by molar-refractivity contribution is 9.10. The van der Waals surface area contributed by atoms with Crippen molar-refractivity contribution in [2.75, 3.05) is 6.79 Å². The molecular weight excluding hydrogens is 464 g/mol. The van der Waals surface area contributed by atoms with Crippen LogP contribution >= 0.6 is 15.9 Å². The number of carbonyl (C=O) groups is 2. The van der Waals surface area contributed by atoms with E-state index in [-0.39, 0.29) is 6.79 Å². The van der Waals surface area contributed by atoms with Crippen molar-refractivity contribution in [3.05, 3.63) is 87.4 Å². The van der Waals surface area contributed by atoms with Gasteiger partial charge >= 0.3 is 5.97 Å². The maximum absolute atomic E-state index is 12.5. The zero-order chi connectivity index (χ0) is 21.8. The summed E-state index contributed by atoms with van der Waals surface area (Å²) in [7, 11) is 0. The number of nitrogens with one attached hydrogen (secondary N) is 1. The van der Waals surface area contributed by atoms with Gasteiger partial charge in [0.05, 0.1) is 11.8 Å². The van der Waals surface area contributed by atoms with Crippen LogP contribution in [0.25, 0.3) is 0 Å². The molecule has 0 bridgehead atoms. The molecule has 4 rings (SSSR count). The summed E-state index contributed by atoms with van der Waals surface area (Å²) in [6.45, 7) is 2.07. The van der Waals surface area contributed by atoms with Crippen molar-refractivity contribution in [1.82, 2.24) is 5.43 Å². The van der Waals surface area contributed by atoms with Gasteiger partial charge in [0.1, 0.15) is 5.75 Å². The van der Waals surface area contributed by atoms with Crippen molar-refractivity contribution < 1.29 is 23.8 Å². The van der Waals surface area contributed by atoms with Crippen LogP contribution in [0.4, 0.5) is 0 Å². The van der Waals surface area contributed by atoms with Gasteiger partial charge in [0.2, 0.25) is 6.79 Å². The van der Waals surface area contributed by atoms with E-state index in [1.165, 1.54) is 6.21 Å². The molecule has 0 unspecified atom stereocenters. The van der Waals surface area contributed by atoms with Crippen molar-refractivity contribution in [3.63, 3.8) is 0 Å². The molecule has 8 heteroatoms. The van der Waals surface area contributed by atoms with Crippen LogP contribution in [0.3, 0.4) is 0 Å². The summed E-state index contributed by atoms with van der Waals surface area (Å²) >= 11 is 3.39. The van der Waals surface area contributed by atoms with Gasteiger partial charge in [-0.25, -0.2) is 10.2 Å². The van der Waals surface area contributed by atoms with Gasteiger partial charge in [-0.3, -0.25) is 4.79 Å². The Morgan fingerprint density at radius 3 is 2.55 bits per heavy atom. The van der Waals surface area contributed by atoms with Crippen LogP contribution in [0, 0.1) is 6.92 Å². The molecule has 3 aromatic carbocycles. The lowest BCUT2D eigenvalue weighted by molar-refractivity contribution is 0.0734. The van der Waals surface area contributed by atoms with E-state index >= 15 is 0 Å². The molecule has 0 spiro atoms. The summed E-state index contributed by atoms with van der Waals surface area (Å²) < 4.78 is 16.8. The van der Waals surface area contributed by atoms with E-state index in [2.05, 4.69) is 26.5 Å². The summed E-state index contributed by atoms with van der Waals surface area (Å²) in [6.07, 6.45) is 1.41. The molecule has 3 aromatic rings. The van der Waals surface area contributed by atoms with Gasteiger partial charge in [-0.1, -0.05) is 33.6 Å². The number of ether oxygens (including phenoxy) is 3. The van der Waals surface area contributed by atoms with Gasteiger partial charge in [0.25, 0.3) is 5.91 Å². The third-order valence-electron chi connectivity index (χ3n) is 4.47. The monoisotopic (exact) mass is 480 g/mol. The maximum atomic E-state index is 12.5. The number of fused-ring (bicyclic) bond motifs is 1. The largest absolute Gasteiger partial charge is 0.454 e. The summed E-state index contributed by atoms with van der Waals surface area (Å²) in [5.41, 5.74) is 4.83. The molecule has 0 aromatic heterocycles. The lowest BCUT2D eigenvalue weighted by atomic mass is 10.1. The van der Waals surface area contributed by atoms with Crippen LogP contribution in [-0.2, 0) is 0 Å². The molecule has 0 fully saturated rings. The number of aryl methyl sites for hydroxylation is 1. The molecular formula is C23H17BrN2O5. The molecule has 31 heavy (non-hydrogen) atoms. The average molecular weight is 481 g/mol. The van der Waals surface area contributed by atoms with Crippen LogP contribution in [0.5, 0.6) is 17.2 Å². The molecule has 0 saturated carbocycles. The van der Waals surface area contributed by atoms with E-state index in [0.29, 0.717) is 33.9 Å². The molecule has 0 aliphatic carbocycles. The summed E-state index contributed by atoms with van der Waals surface area (Å²) in [5.74, 6) is 0.516. The summed E-state index contributed by atoms with van der Waals surface area (Å²) in [4.78, 5) is 24.8. The van der Waals surface area contributed by atoms with Gasteiger partial charge in [0, 0.05) is 15.6 Å². The third kappa shape index (κ3) is 4.92. The number of esters is 1. The van der Waals surface area contributed by atoms with E-state index in [4.69, 9.17) is 14.2 Å². The van der Waals surface area contributed by atoms with Crippen LogP contribution in [0.15, 0.2) is 70.2 Å². The molecule has 1 N–H and O–H groups in total. The number of benzene rings is 3. The van der Waals surface area contributed by atoms with E-state index in [0.717, 1.165) is 10.0 Å². The predicted octanol–water partition coefficient (Wildman–Crippen LogP) is 4.47. The molecule has 0 atom stereocenters. The summed E-state index contributed by atoms with van der Waals surface area (Å²) in [6, 6.07) is 17.1. The zero-order valence-electron chi connectivity index (χ0n) is 16.4. The minimum Gasteiger partial charge on any atom is -0.454 e. The molecule has 1 aliphatic heterocycles. The highest BCUT2D eigenvalue weighted by Gasteiger charge is 2.16. The molecule has 1 amide bonds. The van der Waals surface area contributed by atoms with Gasteiger partial charge in [-0.15, -0.1) is 0 Å². The molecule has 1 aliphatic rings. The first-order valence-corrected chi connectivity index (χ1v) is 10.1. The van der Waals surface area contributed by atoms with Gasteiger partial charge in [-0.2, -0.15) is 5.10 Å². The Bertz CT molecular complexity index is 1180.